The molecule has 0 bridgehead atoms. The molecule has 1 aromatic carbocycles. The summed E-state index contributed by atoms with van der Waals surface area (Å²) in [5, 5.41) is 12.4. The van der Waals surface area contributed by atoms with Crippen LogP contribution in [-0.2, 0) is 20.8 Å². The van der Waals surface area contributed by atoms with Crippen LogP contribution in [0.15, 0.2) is 24.3 Å². The Labute approximate surface area is 142 Å². The summed E-state index contributed by atoms with van der Waals surface area (Å²) in [5.74, 6) is -0.410. The van der Waals surface area contributed by atoms with Gasteiger partial charge in [-0.25, -0.2) is 9.86 Å². The summed E-state index contributed by atoms with van der Waals surface area (Å²) in [6.07, 6.45) is -0.434. The van der Waals surface area contributed by atoms with E-state index in [1.165, 1.54) is 14.2 Å². The molecular formula is C17H23N3O4. The molecule has 1 aromatic rings. The number of nitriles is 1. The number of benzene rings is 1. The molecule has 0 aliphatic heterocycles. The van der Waals surface area contributed by atoms with Crippen LogP contribution in [0.25, 0.3) is 0 Å². The Hall–Kier alpha value is -2.59. The van der Waals surface area contributed by atoms with Crippen LogP contribution in [0.2, 0.25) is 0 Å². The monoisotopic (exact) mass is 333 g/mol. The van der Waals surface area contributed by atoms with Gasteiger partial charge in [-0.3, -0.25) is 9.63 Å². The summed E-state index contributed by atoms with van der Waals surface area (Å²) in [6, 6.07) is 7.97. The summed E-state index contributed by atoms with van der Waals surface area (Å²) < 4.78 is 5.20. The highest BCUT2D eigenvalue weighted by Gasteiger charge is 2.27. The van der Waals surface area contributed by atoms with E-state index >= 15 is 0 Å². The van der Waals surface area contributed by atoms with Gasteiger partial charge >= 0.3 is 6.09 Å². The van der Waals surface area contributed by atoms with Gasteiger partial charge in [0.1, 0.15) is 11.6 Å². The third-order valence-corrected chi connectivity index (χ3v) is 3.10. The second-order valence-electron chi connectivity index (χ2n) is 6.23. The van der Waals surface area contributed by atoms with Gasteiger partial charge < -0.3 is 10.1 Å². The number of amides is 2. The fraction of sp³-hybridized carbons (Fsp3) is 0.471. The zero-order chi connectivity index (χ0) is 18.3. The lowest BCUT2D eigenvalue weighted by Crippen LogP contribution is -2.49. The van der Waals surface area contributed by atoms with E-state index in [4.69, 9.17) is 14.8 Å². The molecule has 0 saturated carbocycles. The third kappa shape index (κ3) is 6.26. The number of nitrogens with zero attached hydrogens (tertiary/aromatic N) is 2. The van der Waals surface area contributed by atoms with E-state index in [1.54, 1.807) is 45.0 Å². The third-order valence-electron chi connectivity index (χ3n) is 3.10. The van der Waals surface area contributed by atoms with Crippen LogP contribution in [0.4, 0.5) is 4.79 Å². The quantitative estimate of drug-likeness (QED) is 0.832. The molecule has 1 atom stereocenters. The van der Waals surface area contributed by atoms with Gasteiger partial charge in [0, 0.05) is 13.5 Å². The van der Waals surface area contributed by atoms with Crippen molar-refractivity contribution in [2.75, 3.05) is 14.2 Å². The first-order valence-electron chi connectivity index (χ1n) is 7.46. The fourth-order valence-electron chi connectivity index (χ4n) is 1.91. The van der Waals surface area contributed by atoms with Crippen molar-refractivity contribution >= 4 is 12.0 Å². The Kier molecular flexibility index (Phi) is 6.74. The molecule has 0 radical (unpaired) electrons. The second-order valence-corrected chi connectivity index (χ2v) is 6.23. The van der Waals surface area contributed by atoms with Crippen LogP contribution < -0.4 is 5.32 Å². The predicted molar refractivity (Wildman–Crippen MR) is 87.8 cm³/mol. The molecule has 7 heteroatoms. The first-order chi connectivity index (χ1) is 11.2. The molecule has 0 spiro atoms. The molecule has 0 unspecified atom stereocenters. The topological polar surface area (TPSA) is 91.7 Å². The summed E-state index contributed by atoms with van der Waals surface area (Å²) in [7, 11) is 2.83. The summed E-state index contributed by atoms with van der Waals surface area (Å²) in [6.45, 7) is 5.22. The lowest BCUT2D eigenvalue weighted by molar-refractivity contribution is -0.171. The van der Waals surface area contributed by atoms with E-state index < -0.39 is 23.6 Å². The van der Waals surface area contributed by atoms with Gasteiger partial charge in [-0.2, -0.15) is 5.26 Å². The van der Waals surface area contributed by atoms with E-state index in [0.717, 1.165) is 10.6 Å². The zero-order valence-corrected chi connectivity index (χ0v) is 14.6. The summed E-state index contributed by atoms with van der Waals surface area (Å²) in [5.41, 5.74) is 0.655. The number of hydrogen-bond donors (Lipinski definition) is 1. The largest absolute Gasteiger partial charge is 0.444 e. The molecular weight excluding hydrogens is 310 g/mol. The number of carbonyl (C=O) groups is 2. The summed E-state index contributed by atoms with van der Waals surface area (Å²) >= 11 is 0. The van der Waals surface area contributed by atoms with Crippen LogP contribution in [0.1, 0.15) is 31.9 Å². The predicted octanol–water partition coefficient (Wildman–Crippen LogP) is 2.01. The molecule has 0 aromatic heterocycles. The molecule has 0 aliphatic rings. The molecule has 7 nitrogen and oxygen atoms in total. The Bertz CT molecular complexity index is 614. The molecule has 0 saturated heterocycles. The van der Waals surface area contributed by atoms with Crippen molar-refractivity contribution in [2.45, 2.75) is 38.8 Å². The van der Waals surface area contributed by atoms with Crippen LogP contribution >= 0.6 is 0 Å². The Morgan fingerprint density at radius 1 is 1.29 bits per heavy atom. The highest BCUT2D eigenvalue weighted by atomic mass is 16.7. The molecule has 24 heavy (non-hydrogen) atoms. The number of hydrogen-bond acceptors (Lipinski definition) is 5. The number of rotatable bonds is 5. The SMILES string of the molecule is CON(C)C(=O)[C@@H](Cc1ccc(C#N)cc1)NC(=O)OC(C)(C)C. The molecule has 1 N–H and O–H groups in total. The fourth-order valence-corrected chi connectivity index (χ4v) is 1.91. The van der Waals surface area contributed by atoms with Crippen LogP contribution in [0, 0.1) is 11.3 Å². The number of alkyl carbamates (subject to hydrolysis) is 1. The van der Waals surface area contributed by atoms with Crippen LogP contribution in [0.5, 0.6) is 0 Å². The molecule has 2 amide bonds. The van der Waals surface area contributed by atoms with Gasteiger partial charge in [-0.05, 0) is 38.5 Å². The highest BCUT2D eigenvalue weighted by molar-refractivity contribution is 5.85. The van der Waals surface area contributed by atoms with Crippen molar-refractivity contribution in [2.24, 2.45) is 0 Å². The number of likely N-dealkylation sites (N-methyl/N-ethyl adjacent to an activating group) is 1. The minimum atomic E-state index is -0.849. The number of hydroxylamine groups is 2. The minimum Gasteiger partial charge on any atom is -0.444 e. The van der Waals surface area contributed by atoms with Crippen molar-refractivity contribution in [3.05, 3.63) is 35.4 Å². The number of carbonyl (C=O) groups excluding carboxylic acids is 2. The van der Waals surface area contributed by atoms with E-state index in [9.17, 15) is 9.59 Å². The van der Waals surface area contributed by atoms with Gasteiger partial charge in [-0.1, -0.05) is 12.1 Å². The first kappa shape index (κ1) is 19.5. The standard InChI is InChI=1S/C17H23N3O4/c1-17(2,3)24-16(22)19-14(15(21)20(4)23-5)10-12-6-8-13(11-18)9-7-12/h6-9,14H,10H2,1-5H3,(H,19,22)/t14-/m1/s1. The van der Waals surface area contributed by atoms with E-state index in [1.807, 2.05) is 6.07 Å². The van der Waals surface area contributed by atoms with Crippen molar-refractivity contribution < 1.29 is 19.2 Å². The molecule has 0 aliphatic carbocycles. The Morgan fingerprint density at radius 2 is 1.88 bits per heavy atom. The Morgan fingerprint density at radius 3 is 2.33 bits per heavy atom. The second kappa shape index (κ2) is 8.31. The number of nitrogens with one attached hydrogen (secondary N) is 1. The maximum absolute atomic E-state index is 12.4. The van der Waals surface area contributed by atoms with Crippen molar-refractivity contribution in [3.8, 4) is 6.07 Å². The van der Waals surface area contributed by atoms with Gasteiger partial charge in [0.05, 0.1) is 18.7 Å². The average molecular weight is 333 g/mol. The van der Waals surface area contributed by atoms with Crippen molar-refractivity contribution in [3.63, 3.8) is 0 Å². The maximum atomic E-state index is 12.4. The lowest BCUT2D eigenvalue weighted by atomic mass is 10.0. The smallest absolute Gasteiger partial charge is 0.408 e. The van der Waals surface area contributed by atoms with Gasteiger partial charge in [0.25, 0.3) is 5.91 Å². The van der Waals surface area contributed by atoms with Crippen molar-refractivity contribution in [1.82, 2.24) is 10.4 Å². The van der Waals surface area contributed by atoms with E-state index in [-0.39, 0.29) is 6.42 Å². The van der Waals surface area contributed by atoms with Gasteiger partial charge in [0.15, 0.2) is 0 Å². The minimum absolute atomic E-state index is 0.248. The number of ether oxygens (including phenoxy) is 1. The molecule has 130 valence electrons. The van der Waals surface area contributed by atoms with Crippen molar-refractivity contribution in [1.29, 1.82) is 5.26 Å². The van der Waals surface area contributed by atoms with Gasteiger partial charge in [0.2, 0.25) is 0 Å². The first-order valence-corrected chi connectivity index (χ1v) is 7.46. The zero-order valence-electron chi connectivity index (χ0n) is 14.6. The van der Waals surface area contributed by atoms with Crippen LogP contribution in [0.3, 0.4) is 0 Å². The van der Waals surface area contributed by atoms with Crippen LogP contribution in [-0.4, -0.2) is 42.9 Å². The lowest BCUT2D eigenvalue weighted by Gasteiger charge is -2.25. The normalized spacial score (nSPS) is 12.0. The molecule has 1 rings (SSSR count). The highest BCUT2D eigenvalue weighted by Crippen LogP contribution is 2.11. The van der Waals surface area contributed by atoms with Gasteiger partial charge in [-0.15, -0.1) is 0 Å². The summed E-state index contributed by atoms with van der Waals surface area (Å²) in [4.78, 5) is 29.3. The van der Waals surface area contributed by atoms with E-state index in [2.05, 4.69) is 5.32 Å². The Balaban J connectivity index is 2.90. The average Bonchev–Trinajstić information content (AvgIpc) is 2.51. The molecule has 0 fully saturated rings. The van der Waals surface area contributed by atoms with E-state index in [0.29, 0.717) is 5.56 Å². The maximum Gasteiger partial charge on any atom is 0.408 e. The molecule has 0 heterocycles.